The van der Waals surface area contributed by atoms with E-state index in [2.05, 4.69) is 35.7 Å². The Morgan fingerprint density at radius 2 is 1.95 bits per heavy atom. The largest absolute Gasteiger partial charge is 0.339 e. The molecule has 1 aromatic heterocycles. The molecule has 0 radical (unpaired) electrons. The van der Waals surface area contributed by atoms with Gasteiger partial charge in [-0.2, -0.15) is 0 Å². The van der Waals surface area contributed by atoms with Gasteiger partial charge in [-0.05, 0) is 33.0 Å². The van der Waals surface area contributed by atoms with Crippen LogP contribution in [-0.4, -0.2) is 77.9 Å². The van der Waals surface area contributed by atoms with Gasteiger partial charge in [0.05, 0.1) is 0 Å². The summed E-state index contributed by atoms with van der Waals surface area (Å²) in [5.74, 6) is -0.0159. The molecule has 0 spiro atoms. The van der Waals surface area contributed by atoms with Gasteiger partial charge in [0.1, 0.15) is 5.69 Å². The Morgan fingerprint density at radius 1 is 1.29 bits per heavy atom. The number of hydrogen-bond acceptors (Lipinski definition) is 4. The van der Waals surface area contributed by atoms with Crippen LogP contribution in [0.25, 0.3) is 0 Å². The van der Waals surface area contributed by atoms with Crippen LogP contribution in [-0.2, 0) is 0 Å². The lowest BCUT2D eigenvalue weighted by Crippen LogP contribution is -2.58. The van der Waals surface area contributed by atoms with Crippen molar-refractivity contribution in [3.05, 3.63) is 30.1 Å². The number of hydrogen-bond donors (Lipinski definition) is 0. The maximum Gasteiger partial charge on any atom is 0.272 e. The summed E-state index contributed by atoms with van der Waals surface area (Å²) in [6.07, 6.45) is 1.66. The van der Waals surface area contributed by atoms with E-state index in [1.165, 1.54) is 0 Å². The summed E-state index contributed by atoms with van der Waals surface area (Å²) in [7, 11) is 4.01. The highest BCUT2D eigenvalue weighted by molar-refractivity contribution is 5.92. The van der Waals surface area contributed by atoms with Crippen molar-refractivity contribution in [2.45, 2.75) is 19.4 Å². The molecule has 116 valence electrons. The quantitative estimate of drug-likeness (QED) is 0.835. The van der Waals surface area contributed by atoms with Crippen molar-refractivity contribution in [1.29, 1.82) is 0 Å². The highest BCUT2D eigenvalue weighted by Gasteiger charge is 2.31. The Bertz CT molecular complexity index is 466. The second-order valence-corrected chi connectivity index (χ2v) is 6.48. The van der Waals surface area contributed by atoms with Crippen LogP contribution in [0.3, 0.4) is 0 Å². The number of nitrogens with zero attached hydrogens (tertiary/aromatic N) is 4. The SMILES string of the molecule is CN1CCN(C(C)(C)CN(C)C(=O)c2ccccn2)CC1. The maximum absolute atomic E-state index is 12.4. The van der Waals surface area contributed by atoms with Crippen LogP contribution < -0.4 is 0 Å². The van der Waals surface area contributed by atoms with Gasteiger partial charge in [-0.3, -0.25) is 14.7 Å². The van der Waals surface area contributed by atoms with Crippen LogP contribution >= 0.6 is 0 Å². The summed E-state index contributed by atoms with van der Waals surface area (Å²) in [6.45, 7) is 9.39. The van der Waals surface area contributed by atoms with Gasteiger partial charge in [-0.25, -0.2) is 0 Å². The minimum absolute atomic E-state index is 0.0159. The molecule has 2 heterocycles. The molecular weight excluding hydrogens is 264 g/mol. The van der Waals surface area contributed by atoms with E-state index in [4.69, 9.17) is 0 Å². The van der Waals surface area contributed by atoms with Gasteiger partial charge < -0.3 is 9.80 Å². The molecule has 1 fully saturated rings. The van der Waals surface area contributed by atoms with Crippen LogP contribution in [0, 0.1) is 0 Å². The molecule has 1 saturated heterocycles. The van der Waals surface area contributed by atoms with Gasteiger partial charge in [0, 0.05) is 51.5 Å². The Morgan fingerprint density at radius 3 is 2.52 bits per heavy atom. The number of likely N-dealkylation sites (N-methyl/N-ethyl adjacent to an activating group) is 2. The van der Waals surface area contributed by atoms with Gasteiger partial charge in [-0.15, -0.1) is 0 Å². The topological polar surface area (TPSA) is 39.7 Å². The number of amides is 1. The van der Waals surface area contributed by atoms with E-state index in [9.17, 15) is 4.79 Å². The second-order valence-electron chi connectivity index (χ2n) is 6.48. The Hall–Kier alpha value is -1.46. The summed E-state index contributed by atoms with van der Waals surface area (Å²) >= 11 is 0. The fourth-order valence-corrected chi connectivity index (χ4v) is 2.85. The molecule has 0 saturated carbocycles. The molecule has 0 aromatic carbocycles. The molecule has 1 amide bonds. The summed E-state index contributed by atoms with van der Waals surface area (Å²) in [6, 6.07) is 5.44. The molecule has 0 N–H and O–H groups in total. The van der Waals surface area contributed by atoms with Crippen molar-refractivity contribution < 1.29 is 4.79 Å². The predicted octanol–water partition coefficient (Wildman–Crippen LogP) is 1.18. The normalized spacial score (nSPS) is 17.7. The number of carbonyl (C=O) groups excluding carboxylic acids is 1. The van der Waals surface area contributed by atoms with Crippen molar-refractivity contribution in [2.75, 3.05) is 46.8 Å². The average molecular weight is 290 g/mol. The third-order valence-electron chi connectivity index (χ3n) is 4.21. The molecule has 0 bridgehead atoms. The van der Waals surface area contributed by atoms with Crippen molar-refractivity contribution in [2.24, 2.45) is 0 Å². The minimum atomic E-state index is -0.0273. The first kappa shape index (κ1) is 15.9. The van der Waals surface area contributed by atoms with Crippen LogP contribution in [0.2, 0.25) is 0 Å². The third kappa shape index (κ3) is 4.02. The van der Waals surface area contributed by atoms with Crippen molar-refractivity contribution in [1.82, 2.24) is 19.7 Å². The van der Waals surface area contributed by atoms with E-state index < -0.39 is 0 Å². The van der Waals surface area contributed by atoms with E-state index in [-0.39, 0.29) is 11.4 Å². The molecular formula is C16H26N4O. The lowest BCUT2D eigenvalue weighted by Gasteiger charge is -2.44. The molecule has 5 nitrogen and oxygen atoms in total. The molecule has 5 heteroatoms. The van der Waals surface area contributed by atoms with Gasteiger partial charge in [-0.1, -0.05) is 6.07 Å². The van der Waals surface area contributed by atoms with Gasteiger partial charge >= 0.3 is 0 Å². The molecule has 21 heavy (non-hydrogen) atoms. The predicted molar refractivity (Wildman–Crippen MR) is 84.3 cm³/mol. The first-order chi connectivity index (χ1) is 9.90. The number of aromatic nitrogens is 1. The monoisotopic (exact) mass is 290 g/mol. The Kier molecular flexibility index (Phi) is 4.96. The first-order valence-electron chi connectivity index (χ1n) is 7.50. The van der Waals surface area contributed by atoms with Crippen LogP contribution in [0.5, 0.6) is 0 Å². The van der Waals surface area contributed by atoms with E-state index in [0.717, 1.165) is 26.2 Å². The fraction of sp³-hybridized carbons (Fsp3) is 0.625. The smallest absolute Gasteiger partial charge is 0.272 e. The van der Waals surface area contributed by atoms with Gasteiger partial charge in [0.25, 0.3) is 5.91 Å². The molecule has 1 aliphatic heterocycles. The average Bonchev–Trinajstić information content (AvgIpc) is 2.47. The van der Waals surface area contributed by atoms with E-state index >= 15 is 0 Å². The highest BCUT2D eigenvalue weighted by atomic mass is 16.2. The summed E-state index contributed by atoms with van der Waals surface area (Å²) < 4.78 is 0. The summed E-state index contributed by atoms with van der Waals surface area (Å²) in [5, 5.41) is 0. The van der Waals surface area contributed by atoms with Crippen LogP contribution in [0.1, 0.15) is 24.3 Å². The van der Waals surface area contributed by atoms with Gasteiger partial charge in [0.2, 0.25) is 0 Å². The zero-order valence-corrected chi connectivity index (χ0v) is 13.5. The van der Waals surface area contributed by atoms with E-state index in [1.807, 2.05) is 19.2 Å². The van der Waals surface area contributed by atoms with Crippen molar-refractivity contribution >= 4 is 5.91 Å². The number of carbonyl (C=O) groups is 1. The molecule has 0 aliphatic carbocycles. The second kappa shape index (κ2) is 6.54. The molecule has 0 unspecified atom stereocenters. The minimum Gasteiger partial charge on any atom is -0.339 e. The first-order valence-corrected chi connectivity index (χ1v) is 7.50. The lowest BCUT2D eigenvalue weighted by molar-refractivity contribution is 0.0360. The molecule has 2 rings (SSSR count). The van der Waals surface area contributed by atoms with Crippen LogP contribution in [0.4, 0.5) is 0 Å². The Balaban J connectivity index is 1.97. The van der Waals surface area contributed by atoms with E-state index in [0.29, 0.717) is 12.2 Å². The maximum atomic E-state index is 12.4. The number of pyridine rings is 1. The van der Waals surface area contributed by atoms with Crippen LogP contribution in [0.15, 0.2) is 24.4 Å². The van der Waals surface area contributed by atoms with Crippen molar-refractivity contribution in [3.63, 3.8) is 0 Å². The van der Waals surface area contributed by atoms with Gasteiger partial charge in [0.15, 0.2) is 0 Å². The third-order valence-corrected chi connectivity index (χ3v) is 4.21. The van der Waals surface area contributed by atoms with Crippen molar-refractivity contribution in [3.8, 4) is 0 Å². The number of rotatable bonds is 4. The summed E-state index contributed by atoms with van der Waals surface area (Å²) in [4.78, 5) is 23.1. The molecule has 1 aliphatic rings. The highest BCUT2D eigenvalue weighted by Crippen LogP contribution is 2.18. The molecule has 0 atom stereocenters. The number of piperazine rings is 1. The summed E-state index contributed by atoms with van der Waals surface area (Å²) in [5.41, 5.74) is 0.481. The zero-order chi connectivity index (χ0) is 15.5. The Labute approximate surface area is 127 Å². The lowest BCUT2D eigenvalue weighted by atomic mass is 10.0. The zero-order valence-electron chi connectivity index (χ0n) is 13.5. The molecule has 1 aromatic rings. The standard InChI is InChI=1S/C16H26N4O/c1-16(2,20-11-9-18(3)10-12-20)13-19(4)15(21)14-7-5-6-8-17-14/h5-8H,9-13H2,1-4H3. The fourth-order valence-electron chi connectivity index (χ4n) is 2.85. The van der Waals surface area contributed by atoms with E-state index in [1.54, 1.807) is 17.2 Å².